The van der Waals surface area contributed by atoms with Crippen molar-refractivity contribution >= 4 is 27.8 Å². The molecule has 2 aliphatic rings. The predicted molar refractivity (Wildman–Crippen MR) is 125 cm³/mol. The van der Waals surface area contributed by atoms with Crippen molar-refractivity contribution in [1.82, 2.24) is 5.32 Å². The molecule has 0 bridgehead atoms. The maximum Gasteiger partial charge on any atom is 0.337 e. The van der Waals surface area contributed by atoms with Crippen molar-refractivity contribution in [3.63, 3.8) is 0 Å². The van der Waals surface area contributed by atoms with Gasteiger partial charge in [-0.1, -0.05) is 56.1 Å². The lowest BCUT2D eigenvalue weighted by Crippen LogP contribution is -2.64. The van der Waals surface area contributed by atoms with Crippen molar-refractivity contribution in [2.45, 2.75) is 78.4 Å². The summed E-state index contributed by atoms with van der Waals surface area (Å²) in [6, 6.07) is 6.08. The van der Waals surface area contributed by atoms with Gasteiger partial charge >= 0.3 is 5.97 Å². The topological polar surface area (TPSA) is 64.6 Å². The third-order valence-corrected chi connectivity index (χ3v) is 7.77. The summed E-state index contributed by atoms with van der Waals surface area (Å²) < 4.78 is 12.4. The van der Waals surface area contributed by atoms with Crippen LogP contribution in [-0.4, -0.2) is 31.7 Å². The zero-order chi connectivity index (χ0) is 23.0. The second kappa shape index (κ2) is 8.86. The standard InChI is InChI=1S/C25H36BrNO4/c1-7-16-14-24(12-11-20(16)30-6)15-17-9-10-18(26)13-19(17)25(24,22(29)31-8-2)27-21(28)23(3,4)5/h9-10,13,16,20H,7-8,11-12,14-15H2,1-6H3,(H,27,28)/t16-,20-,24-,25+/m0/s1. The SMILES string of the molecule is CCOC(=O)[C@]1(NC(=O)C(C)(C)C)c2cc(Br)ccc2C[C@@]12CC[C@H](OC)[C@@H](CC)C2. The Morgan fingerprint density at radius 2 is 1.97 bits per heavy atom. The molecule has 2 aliphatic carbocycles. The molecule has 1 amide bonds. The van der Waals surface area contributed by atoms with Gasteiger partial charge in [0.05, 0.1) is 12.7 Å². The lowest BCUT2D eigenvalue weighted by atomic mass is 9.58. The summed E-state index contributed by atoms with van der Waals surface area (Å²) in [5.41, 5.74) is -0.319. The van der Waals surface area contributed by atoms with E-state index in [-0.39, 0.29) is 24.6 Å². The molecule has 0 aliphatic heterocycles. The van der Waals surface area contributed by atoms with Crippen molar-refractivity contribution < 1.29 is 19.1 Å². The Hall–Kier alpha value is -1.40. The normalized spacial score (nSPS) is 30.2. The molecule has 1 aromatic carbocycles. The lowest BCUT2D eigenvalue weighted by molar-refractivity contribution is -0.166. The molecule has 6 heteroatoms. The number of esters is 1. The van der Waals surface area contributed by atoms with Gasteiger partial charge in [0, 0.05) is 22.4 Å². The van der Waals surface area contributed by atoms with Gasteiger partial charge in [0.2, 0.25) is 5.91 Å². The zero-order valence-corrected chi connectivity index (χ0v) is 21.2. The van der Waals surface area contributed by atoms with E-state index in [4.69, 9.17) is 9.47 Å². The lowest BCUT2D eigenvalue weighted by Gasteiger charge is -2.51. The number of halogens is 1. The van der Waals surface area contributed by atoms with Crippen LogP contribution in [0.1, 0.15) is 71.4 Å². The molecular formula is C25H36BrNO4. The number of methoxy groups -OCH3 is 1. The van der Waals surface area contributed by atoms with E-state index in [0.29, 0.717) is 5.92 Å². The van der Waals surface area contributed by atoms with Crippen LogP contribution in [0.5, 0.6) is 0 Å². The quantitative estimate of drug-likeness (QED) is 0.576. The third kappa shape index (κ3) is 4.06. The summed E-state index contributed by atoms with van der Waals surface area (Å²) in [7, 11) is 1.77. The number of nitrogens with one attached hydrogen (secondary N) is 1. The number of rotatable bonds is 5. The number of carbonyl (C=O) groups excluding carboxylic acids is 2. The minimum Gasteiger partial charge on any atom is -0.464 e. The number of fused-ring (bicyclic) bond motifs is 1. The Balaban J connectivity index is 2.23. The fraction of sp³-hybridized carbons (Fsp3) is 0.680. The monoisotopic (exact) mass is 493 g/mol. The second-order valence-electron chi connectivity index (χ2n) is 10.1. The van der Waals surface area contributed by atoms with Crippen LogP contribution < -0.4 is 5.32 Å². The Kier molecular flexibility index (Phi) is 6.93. The molecule has 0 aromatic heterocycles. The first-order chi connectivity index (χ1) is 14.5. The van der Waals surface area contributed by atoms with E-state index in [0.717, 1.165) is 47.7 Å². The van der Waals surface area contributed by atoms with Gasteiger partial charge in [-0.3, -0.25) is 4.79 Å². The molecular weight excluding hydrogens is 458 g/mol. The van der Waals surface area contributed by atoms with E-state index in [9.17, 15) is 9.59 Å². The predicted octanol–water partition coefficient (Wildman–Crippen LogP) is 5.14. The average Bonchev–Trinajstić information content (AvgIpc) is 2.96. The maximum absolute atomic E-state index is 13.8. The summed E-state index contributed by atoms with van der Waals surface area (Å²) >= 11 is 3.58. The molecule has 31 heavy (non-hydrogen) atoms. The number of ether oxygens (including phenoxy) is 2. The van der Waals surface area contributed by atoms with Crippen LogP contribution >= 0.6 is 15.9 Å². The largest absolute Gasteiger partial charge is 0.464 e. The van der Waals surface area contributed by atoms with Crippen LogP contribution in [0.2, 0.25) is 0 Å². The van der Waals surface area contributed by atoms with Crippen molar-refractivity contribution in [1.29, 1.82) is 0 Å². The van der Waals surface area contributed by atoms with Gasteiger partial charge < -0.3 is 14.8 Å². The molecule has 0 saturated heterocycles. The van der Waals surface area contributed by atoms with Crippen LogP contribution in [0, 0.1) is 16.7 Å². The van der Waals surface area contributed by atoms with E-state index >= 15 is 0 Å². The van der Waals surface area contributed by atoms with E-state index < -0.39 is 16.4 Å². The van der Waals surface area contributed by atoms with E-state index in [2.05, 4.69) is 34.2 Å². The van der Waals surface area contributed by atoms with E-state index in [1.165, 1.54) is 0 Å². The first-order valence-corrected chi connectivity index (χ1v) is 12.2. The Morgan fingerprint density at radius 3 is 2.55 bits per heavy atom. The molecule has 0 radical (unpaired) electrons. The summed E-state index contributed by atoms with van der Waals surface area (Å²) in [4.78, 5) is 27.2. The first kappa shape index (κ1) is 24.2. The Bertz CT molecular complexity index is 848. The van der Waals surface area contributed by atoms with Gasteiger partial charge in [-0.05, 0) is 61.8 Å². The van der Waals surface area contributed by atoms with E-state index in [1.54, 1.807) is 7.11 Å². The minimum atomic E-state index is -1.21. The average molecular weight is 494 g/mol. The molecule has 1 N–H and O–H groups in total. The molecule has 0 unspecified atom stereocenters. The van der Waals surface area contributed by atoms with Crippen molar-refractivity contribution in [3.8, 4) is 0 Å². The van der Waals surface area contributed by atoms with Crippen molar-refractivity contribution in [2.24, 2.45) is 16.7 Å². The fourth-order valence-electron chi connectivity index (χ4n) is 5.62. The van der Waals surface area contributed by atoms with Crippen LogP contribution in [-0.2, 0) is 31.0 Å². The van der Waals surface area contributed by atoms with Gasteiger partial charge in [0.25, 0.3) is 0 Å². The van der Waals surface area contributed by atoms with Crippen molar-refractivity contribution in [2.75, 3.05) is 13.7 Å². The molecule has 4 atom stereocenters. The van der Waals surface area contributed by atoms with Gasteiger partial charge in [0.15, 0.2) is 5.54 Å². The third-order valence-electron chi connectivity index (χ3n) is 7.28. The second-order valence-corrected chi connectivity index (χ2v) is 11.0. The molecule has 0 heterocycles. The van der Waals surface area contributed by atoms with Gasteiger partial charge in [-0.2, -0.15) is 0 Å². The highest BCUT2D eigenvalue weighted by atomic mass is 79.9. The molecule has 5 nitrogen and oxygen atoms in total. The molecule has 1 fully saturated rings. The number of amides is 1. The molecule has 1 aromatic rings. The van der Waals surface area contributed by atoms with Gasteiger partial charge in [-0.25, -0.2) is 4.79 Å². The first-order valence-electron chi connectivity index (χ1n) is 11.4. The summed E-state index contributed by atoms with van der Waals surface area (Å²) in [5.74, 6) is -0.179. The molecule has 1 saturated carbocycles. The van der Waals surface area contributed by atoms with E-state index in [1.807, 2.05) is 39.8 Å². The zero-order valence-electron chi connectivity index (χ0n) is 19.6. The van der Waals surface area contributed by atoms with Gasteiger partial charge in [0.1, 0.15) is 0 Å². The molecule has 3 rings (SSSR count). The maximum atomic E-state index is 13.8. The fourth-order valence-corrected chi connectivity index (χ4v) is 5.98. The Labute approximate surface area is 194 Å². The molecule has 1 spiro atoms. The van der Waals surface area contributed by atoms with Crippen LogP contribution in [0.15, 0.2) is 22.7 Å². The summed E-state index contributed by atoms with van der Waals surface area (Å²) in [6.07, 6.45) is 4.33. The summed E-state index contributed by atoms with van der Waals surface area (Å²) in [6.45, 7) is 9.89. The van der Waals surface area contributed by atoms with Gasteiger partial charge in [-0.15, -0.1) is 0 Å². The highest BCUT2D eigenvalue weighted by Crippen LogP contribution is 2.60. The number of hydrogen-bond donors (Lipinski definition) is 1. The number of hydrogen-bond acceptors (Lipinski definition) is 4. The number of benzene rings is 1. The minimum absolute atomic E-state index is 0.144. The molecule has 172 valence electrons. The van der Waals surface area contributed by atoms with Crippen LogP contribution in [0.4, 0.5) is 0 Å². The summed E-state index contributed by atoms with van der Waals surface area (Å²) in [5, 5.41) is 3.26. The van der Waals surface area contributed by atoms with Crippen LogP contribution in [0.3, 0.4) is 0 Å². The van der Waals surface area contributed by atoms with Crippen LogP contribution in [0.25, 0.3) is 0 Å². The highest BCUT2D eigenvalue weighted by molar-refractivity contribution is 9.10. The smallest absolute Gasteiger partial charge is 0.337 e. The Morgan fingerprint density at radius 1 is 1.26 bits per heavy atom. The van der Waals surface area contributed by atoms with Crippen molar-refractivity contribution in [3.05, 3.63) is 33.8 Å². The number of carbonyl (C=O) groups is 2. The highest BCUT2D eigenvalue weighted by Gasteiger charge is 2.65.